The van der Waals surface area contributed by atoms with Crippen molar-refractivity contribution in [3.8, 4) is 5.75 Å². The second-order valence-electron chi connectivity index (χ2n) is 5.78. The summed E-state index contributed by atoms with van der Waals surface area (Å²) in [5.74, 6) is -2.13. The Kier molecular flexibility index (Phi) is 7.02. The molecule has 0 radical (unpaired) electrons. The molecule has 2 amide bonds. The van der Waals surface area contributed by atoms with E-state index in [2.05, 4.69) is 10.1 Å². The second kappa shape index (κ2) is 9.45. The van der Waals surface area contributed by atoms with Crippen LogP contribution in [0.4, 0.5) is 14.5 Å². The maximum absolute atomic E-state index is 12.4. The zero-order valence-electron chi connectivity index (χ0n) is 15.1. The van der Waals surface area contributed by atoms with E-state index >= 15 is 0 Å². The quantitative estimate of drug-likeness (QED) is 0.733. The number of amides is 2. The minimum Gasteiger partial charge on any atom is -0.452 e. The van der Waals surface area contributed by atoms with Gasteiger partial charge in [-0.25, -0.2) is 4.79 Å². The average Bonchev–Trinajstić information content (AvgIpc) is 2.66. The number of para-hydroxylation sites is 1. The molecule has 0 heterocycles. The van der Waals surface area contributed by atoms with Crippen LogP contribution in [0.1, 0.15) is 20.7 Å². The number of halogens is 2. The van der Waals surface area contributed by atoms with E-state index < -0.39 is 25.1 Å². The molecule has 0 saturated heterocycles. The third-order valence-electron chi connectivity index (χ3n) is 3.48. The number of alkyl halides is 2. The zero-order valence-corrected chi connectivity index (χ0v) is 15.1. The lowest BCUT2D eigenvalue weighted by molar-refractivity contribution is -0.119. The van der Waals surface area contributed by atoms with Gasteiger partial charge in [0.1, 0.15) is 11.3 Å². The first-order valence-corrected chi connectivity index (χ1v) is 8.10. The zero-order chi connectivity index (χ0) is 20.7. The third-order valence-corrected chi connectivity index (χ3v) is 3.48. The Morgan fingerprint density at radius 2 is 1.68 bits per heavy atom. The molecule has 0 spiro atoms. The van der Waals surface area contributed by atoms with Crippen molar-refractivity contribution in [1.82, 2.24) is 4.90 Å². The molecule has 148 valence electrons. The highest BCUT2D eigenvalue weighted by Crippen LogP contribution is 2.21. The van der Waals surface area contributed by atoms with Crippen LogP contribution in [-0.2, 0) is 9.53 Å². The molecule has 2 rings (SSSR count). The number of nitrogens with zero attached hydrogens (tertiary/aromatic N) is 1. The van der Waals surface area contributed by atoms with Gasteiger partial charge in [-0.2, -0.15) is 8.78 Å². The summed E-state index contributed by atoms with van der Waals surface area (Å²) < 4.78 is 33.9. The van der Waals surface area contributed by atoms with Gasteiger partial charge < -0.3 is 19.7 Å². The molecular formula is C19H18F2N2O5. The summed E-state index contributed by atoms with van der Waals surface area (Å²) in [5, 5.41) is 2.50. The Morgan fingerprint density at radius 3 is 2.29 bits per heavy atom. The predicted octanol–water partition coefficient (Wildman–Crippen LogP) is 2.79. The van der Waals surface area contributed by atoms with Crippen LogP contribution in [0.15, 0.2) is 48.5 Å². The Balaban J connectivity index is 1.92. The van der Waals surface area contributed by atoms with Gasteiger partial charge in [-0.05, 0) is 36.4 Å². The highest BCUT2D eigenvalue weighted by atomic mass is 19.3. The Bertz CT molecular complexity index is 854. The standard InChI is InChI=1S/C19H18F2N2O5/c1-23(2)17(25)12-7-9-13(10-8-12)22-16(24)11-27-18(26)14-5-3-4-6-15(14)28-19(20)21/h3-10,19H,11H2,1-2H3,(H,22,24). The van der Waals surface area contributed by atoms with E-state index in [4.69, 9.17) is 4.74 Å². The van der Waals surface area contributed by atoms with E-state index in [0.717, 1.165) is 0 Å². The summed E-state index contributed by atoms with van der Waals surface area (Å²) in [4.78, 5) is 37.2. The summed E-state index contributed by atoms with van der Waals surface area (Å²) in [6.07, 6.45) is 0. The molecule has 2 aromatic carbocycles. The molecule has 0 fully saturated rings. The first kappa shape index (κ1) is 20.8. The van der Waals surface area contributed by atoms with Crippen LogP contribution < -0.4 is 10.1 Å². The van der Waals surface area contributed by atoms with Gasteiger partial charge in [0.25, 0.3) is 11.8 Å². The molecule has 0 aromatic heterocycles. The fourth-order valence-corrected chi connectivity index (χ4v) is 2.19. The molecule has 2 aromatic rings. The molecule has 0 bridgehead atoms. The number of carbonyl (C=O) groups excluding carboxylic acids is 3. The van der Waals surface area contributed by atoms with Gasteiger partial charge in [0.2, 0.25) is 0 Å². The topological polar surface area (TPSA) is 84.9 Å². The molecule has 0 unspecified atom stereocenters. The lowest BCUT2D eigenvalue weighted by Gasteiger charge is -2.12. The van der Waals surface area contributed by atoms with E-state index in [0.29, 0.717) is 11.3 Å². The summed E-state index contributed by atoms with van der Waals surface area (Å²) >= 11 is 0. The van der Waals surface area contributed by atoms with Crippen LogP contribution in [-0.4, -0.2) is 50.0 Å². The average molecular weight is 392 g/mol. The monoisotopic (exact) mass is 392 g/mol. The predicted molar refractivity (Wildman–Crippen MR) is 96.4 cm³/mol. The fourth-order valence-electron chi connectivity index (χ4n) is 2.19. The van der Waals surface area contributed by atoms with E-state index in [-0.39, 0.29) is 17.2 Å². The van der Waals surface area contributed by atoms with E-state index in [1.165, 1.54) is 41.3 Å². The third kappa shape index (κ3) is 5.76. The summed E-state index contributed by atoms with van der Waals surface area (Å²) in [5.41, 5.74) is 0.630. The molecule has 1 N–H and O–H groups in total. The molecule has 0 saturated carbocycles. The Hall–Kier alpha value is -3.49. The number of rotatable bonds is 7. The van der Waals surface area contributed by atoms with Crippen LogP contribution in [0.3, 0.4) is 0 Å². The highest BCUT2D eigenvalue weighted by Gasteiger charge is 2.17. The van der Waals surface area contributed by atoms with Gasteiger partial charge in [-0.1, -0.05) is 12.1 Å². The van der Waals surface area contributed by atoms with Crippen molar-refractivity contribution in [2.45, 2.75) is 6.61 Å². The smallest absolute Gasteiger partial charge is 0.387 e. The highest BCUT2D eigenvalue weighted by molar-refractivity contribution is 5.97. The number of benzene rings is 2. The van der Waals surface area contributed by atoms with Crippen LogP contribution in [0.25, 0.3) is 0 Å². The van der Waals surface area contributed by atoms with Crippen LogP contribution in [0.5, 0.6) is 5.75 Å². The van der Waals surface area contributed by atoms with Crippen LogP contribution >= 0.6 is 0 Å². The van der Waals surface area contributed by atoms with Crippen molar-refractivity contribution in [2.24, 2.45) is 0 Å². The first-order valence-electron chi connectivity index (χ1n) is 8.10. The molecule has 0 aliphatic rings. The van der Waals surface area contributed by atoms with Crippen molar-refractivity contribution in [3.63, 3.8) is 0 Å². The van der Waals surface area contributed by atoms with Gasteiger partial charge in [0.05, 0.1) is 0 Å². The number of nitrogens with one attached hydrogen (secondary N) is 1. The molecule has 0 aliphatic carbocycles. The van der Waals surface area contributed by atoms with Gasteiger partial charge in [-0.3, -0.25) is 9.59 Å². The first-order chi connectivity index (χ1) is 13.3. The number of ether oxygens (including phenoxy) is 2. The van der Waals surface area contributed by atoms with Crippen LogP contribution in [0, 0.1) is 0 Å². The van der Waals surface area contributed by atoms with Crippen molar-refractivity contribution >= 4 is 23.5 Å². The van der Waals surface area contributed by atoms with Gasteiger partial charge in [-0.15, -0.1) is 0 Å². The summed E-state index contributed by atoms with van der Waals surface area (Å²) in [7, 11) is 3.24. The summed E-state index contributed by atoms with van der Waals surface area (Å²) in [6, 6.07) is 11.5. The summed E-state index contributed by atoms with van der Waals surface area (Å²) in [6.45, 7) is -3.72. The maximum Gasteiger partial charge on any atom is 0.387 e. The van der Waals surface area contributed by atoms with Gasteiger partial charge in [0.15, 0.2) is 6.61 Å². The van der Waals surface area contributed by atoms with E-state index in [9.17, 15) is 23.2 Å². The number of hydrogen-bond acceptors (Lipinski definition) is 5. The largest absolute Gasteiger partial charge is 0.452 e. The van der Waals surface area contributed by atoms with Gasteiger partial charge >= 0.3 is 12.6 Å². The Morgan fingerprint density at radius 1 is 1.04 bits per heavy atom. The maximum atomic E-state index is 12.4. The number of carbonyl (C=O) groups is 3. The molecule has 28 heavy (non-hydrogen) atoms. The SMILES string of the molecule is CN(C)C(=O)c1ccc(NC(=O)COC(=O)c2ccccc2OC(F)F)cc1. The number of anilines is 1. The molecule has 9 heteroatoms. The van der Waals surface area contributed by atoms with Crippen LogP contribution in [0.2, 0.25) is 0 Å². The van der Waals surface area contributed by atoms with E-state index in [1.54, 1.807) is 26.2 Å². The van der Waals surface area contributed by atoms with Crippen molar-refractivity contribution < 1.29 is 32.6 Å². The minimum atomic E-state index is -3.10. The van der Waals surface area contributed by atoms with E-state index in [1.807, 2.05) is 0 Å². The molecule has 7 nitrogen and oxygen atoms in total. The molecule has 0 aliphatic heterocycles. The minimum absolute atomic E-state index is 0.184. The number of esters is 1. The lowest BCUT2D eigenvalue weighted by Crippen LogP contribution is -2.22. The van der Waals surface area contributed by atoms with Crippen molar-refractivity contribution in [2.75, 3.05) is 26.0 Å². The molecule has 0 atom stereocenters. The fraction of sp³-hybridized carbons (Fsp3) is 0.211. The van der Waals surface area contributed by atoms with Gasteiger partial charge in [0, 0.05) is 25.3 Å². The lowest BCUT2D eigenvalue weighted by atomic mass is 10.2. The Labute approximate surface area is 159 Å². The number of hydrogen-bond donors (Lipinski definition) is 1. The molecular weight excluding hydrogens is 374 g/mol. The second-order valence-corrected chi connectivity index (χ2v) is 5.78. The van der Waals surface area contributed by atoms with Crippen molar-refractivity contribution in [3.05, 3.63) is 59.7 Å². The normalized spacial score (nSPS) is 10.3. The van der Waals surface area contributed by atoms with Crippen molar-refractivity contribution in [1.29, 1.82) is 0 Å².